The number of likely N-dealkylation sites (tertiary alicyclic amines) is 1. The van der Waals surface area contributed by atoms with E-state index in [0.717, 1.165) is 38.0 Å². The Bertz CT molecular complexity index is 323. The number of rotatable bonds is 2. The Morgan fingerprint density at radius 3 is 2.73 bits per heavy atom. The lowest BCUT2D eigenvalue weighted by Gasteiger charge is -2.37. The molecule has 2 heterocycles. The van der Waals surface area contributed by atoms with E-state index >= 15 is 0 Å². The zero-order valence-corrected chi connectivity index (χ0v) is 9.58. The maximum Gasteiger partial charge on any atom is 0.0522 e. The van der Waals surface area contributed by atoms with E-state index in [1.54, 1.807) is 0 Å². The molecule has 84 valence electrons. The summed E-state index contributed by atoms with van der Waals surface area (Å²) in [4.78, 5) is 2.34. The summed E-state index contributed by atoms with van der Waals surface area (Å²) in [6.07, 6.45) is 5.01. The van der Waals surface area contributed by atoms with Crippen molar-refractivity contribution in [3.8, 4) is 0 Å². The fourth-order valence-electron chi connectivity index (χ4n) is 2.17. The minimum Gasteiger partial charge on any atom is -0.325 e. The van der Waals surface area contributed by atoms with Crippen molar-refractivity contribution < 1.29 is 0 Å². The fourth-order valence-corrected chi connectivity index (χ4v) is 2.17. The lowest BCUT2D eigenvalue weighted by Crippen LogP contribution is -2.50. The van der Waals surface area contributed by atoms with Crippen LogP contribution in [-0.4, -0.2) is 40.8 Å². The van der Waals surface area contributed by atoms with Crippen LogP contribution in [0.5, 0.6) is 0 Å². The third-order valence-corrected chi connectivity index (χ3v) is 3.46. The molecule has 1 aromatic rings. The van der Waals surface area contributed by atoms with Gasteiger partial charge in [0.05, 0.1) is 6.20 Å². The highest BCUT2D eigenvalue weighted by molar-refractivity contribution is 5.18. The minimum absolute atomic E-state index is 0.0266. The molecule has 3 N–H and O–H groups in total. The van der Waals surface area contributed by atoms with Gasteiger partial charge in [-0.05, 0) is 51.9 Å². The molecule has 1 aliphatic heterocycles. The van der Waals surface area contributed by atoms with Crippen molar-refractivity contribution in [3.05, 3.63) is 17.5 Å². The number of aromatic nitrogens is 2. The SMILES string of the molecule is Cc1[nH]ncc1CC1(N)CCN(C)CC1. The summed E-state index contributed by atoms with van der Waals surface area (Å²) >= 11 is 0. The molecule has 0 aliphatic carbocycles. The van der Waals surface area contributed by atoms with Crippen LogP contribution in [0.4, 0.5) is 0 Å². The molecule has 0 saturated carbocycles. The highest BCUT2D eigenvalue weighted by Crippen LogP contribution is 2.23. The normalized spacial score (nSPS) is 21.8. The molecule has 2 rings (SSSR count). The maximum atomic E-state index is 6.41. The number of aryl methyl sites for hydroxylation is 1. The fraction of sp³-hybridized carbons (Fsp3) is 0.727. The van der Waals surface area contributed by atoms with Crippen LogP contribution in [0.1, 0.15) is 24.1 Å². The highest BCUT2D eigenvalue weighted by Gasteiger charge is 2.30. The van der Waals surface area contributed by atoms with Gasteiger partial charge in [-0.3, -0.25) is 5.10 Å². The van der Waals surface area contributed by atoms with Gasteiger partial charge in [0.2, 0.25) is 0 Å². The zero-order valence-electron chi connectivity index (χ0n) is 9.58. The van der Waals surface area contributed by atoms with E-state index in [2.05, 4.69) is 29.1 Å². The van der Waals surface area contributed by atoms with Crippen molar-refractivity contribution in [1.82, 2.24) is 15.1 Å². The molecular weight excluding hydrogens is 188 g/mol. The van der Waals surface area contributed by atoms with Gasteiger partial charge >= 0.3 is 0 Å². The molecule has 1 aromatic heterocycles. The predicted octanol–water partition coefficient (Wildman–Crippen LogP) is 0.684. The first-order chi connectivity index (χ1) is 7.09. The molecule has 0 unspecified atom stereocenters. The molecule has 0 aromatic carbocycles. The topological polar surface area (TPSA) is 57.9 Å². The Morgan fingerprint density at radius 2 is 2.20 bits per heavy atom. The van der Waals surface area contributed by atoms with Gasteiger partial charge in [-0.25, -0.2) is 0 Å². The zero-order chi connectivity index (χ0) is 10.9. The molecule has 0 amide bonds. The number of nitrogens with one attached hydrogen (secondary N) is 1. The van der Waals surface area contributed by atoms with Crippen molar-refractivity contribution in [2.75, 3.05) is 20.1 Å². The Balaban J connectivity index is 2.02. The molecule has 1 aliphatic rings. The third-order valence-electron chi connectivity index (χ3n) is 3.46. The summed E-state index contributed by atoms with van der Waals surface area (Å²) in [6.45, 7) is 4.27. The lowest BCUT2D eigenvalue weighted by molar-refractivity contribution is 0.190. The van der Waals surface area contributed by atoms with Gasteiger partial charge in [0.1, 0.15) is 0 Å². The summed E-state index contributed by atoms with van der Waals surface area (Å²) in [5, 5.41) is 7.01. The standard InChI is InChI=1S/C11H20N4/c1-9-10(8-13-14-9)7-11(12)3-5-15(2)6-4-11/h8H,3-7,12H2,1-2H3,(H,13,14). The summed E-state index contributed by atoms with van der Waals surface area (Å²) < 4.78 is 0. The van der Waals surface area contributed by atoms with Crippen LogP contribution in [0.15, 0.2) is 6.20 Å². The van der Waals surface area contributed by atoms with Gasteiger partial charge in [0.25, 0.3) is 0 Å². The number of hydrogen-bond acceptors (Lipinski definition) is 3. The Labute approximate surface area is 90.8 Å². The van der Waals surface area contributed by atoms with Crippen LogP contribution in [0.25, 0.3) is 0 Å². The number of piperidine rings is 1. The second-order valence-corrected chi connectivity index (χ2v) is 4.86. The smallest absolute Gasteiger partial charge is 0.0522 e. The van der Waals surface area contributed by atoms with Crippen LogP contribution < -0.4 is 5.73 Å². The molecule has 0 spiro atoms. The van der Waals surface area contributed by atoms with E-state index in [9.17, 15) is 0 Å². The molecule has 4 heteroatoms. The highest BCUT2D eigenvalue weighted by atomic mass is 15.1. The summed E-state index contributed by atoms with van der Waals surface area (Å²) in [5.74, 6) is 0. The molecule has 0 atom stereocenters. The van der Waals surface area contributed by atoms with E-state index in [1.807, 2.05) is 6.20 Å². The first-order valence-electron chi connectivity index (χ1n) is 5.55. The number of nitrogens with zero attached hydrogens (tertiary/aromatic N) is 2. The van der Waals surface area contributed by atoms with Crippen LogP contribution >= 0.6 is 0 Å². The van der Waals surface area contributed by atoms with Crippen LogP contribution in [0.3, 0.4) is 0 Å². The quantitative estimate of drug-likeness (QED) is 0.751. The third kappa shape index (κ3) is 2.38. The average Bonchev–Trinajstić information content (AvgIpc) is 2.58. The average molecular weight is 208 g/mol. The Hall–Kier alpha value is -0.870. The van der Waals surface area contributed by atoms with Gasteiger partial charge in [0, 0.05) is 11.2 Å². The number of nitrogens with two attached hydrogens (primary N) is 1. The second kappa shape index (κ2) is 3.94. The predicted molar refractivity (Wildman–Crippen MR) is 60.7 cm³/mol. The van der Waals surface area contributed by atoms with E-state index in [0.29, 0.717) is 0 Å². The van der Waals surface area contributed by atoms with Gasteiger partial charge in [-0.1, -0.05) is 0 Å². The molecule has 4 nitrogen and oxygen atoms in total. The maximum absolute atomic E-state index is 6.41. The van der Waals surface area contributed by atoms with Crippen molar-refractivity contribution >= 4 is 0 Å². The lowest BCUT2D eigenvalue weighted by atomic mass is 9.83. The molecule has 1 saturated heterocycles. The largest absolute Gasteiger partial charge is 0.325 e. The van der Waals surface area contributed by atoms with E-state index in [-0.39, 0.29) is 5.54 Å². The van der Waals surface area contributed by atoms with Gasteiger partial charge < -0.3 is 10.6 Å². The van der Waals surface area contributed by atoms with Gasteiger partial charge in [-0.15, -0.1) is 0 Å². The van der Waals surface area contributed by atoms with Crippen LogP contribution in [0, 0.1) is 6.92 Å². The molecule has 0 radical (unpaired) electrons. The molecule has 0 bridgehead atoms. The Kier molecular flexibility index (Phi) is 2.80. The van der Waals surface area contributed by atoms with Gasteiger partial charge in [0.15, 0.2) is 0 Å². The first-order valence-corrected chi connectivity index (χ1v) is 5.55. The van der Waals surface area contributed by atoms with Crippen LogP contribution in [0.2, 0.25) is 0 Å². The molecule has 15 heavy (non-hydrogen) atoms. The first kappa shape index (κ1) is 10.6. The number of hydrogen-bond donors (Lipinski definition) is 2. The van der Waals surface area contributed by atoms with Crippen molar-refractivity contribution in [1.29, 1.82) is 0 Å². The van der Waals surface area contributed by atoms with Crippen molar-refractivity contribution in [2.45, 2.75) is 31.7 Å². The van der Waals surface area contributed by atoms with Gasteiger partial charge in [-0.2, -0.15) is 5.10 Å². The number of aromatic amines is 1. The van der Waals surface area contributed by atoms with E-state index in [1.165, 1.54) is 5.56 Å². The van der Waals surface area contributed by atoms with E-state index < -0.39 is 0 Å². The summed E-state index contributed by atoms with van der Waals surface area (Å²) in [7, 11) is 2.16. The minimum atomic E-state index is -0.0266. The summed E-state index contributed by atoms with van der Waals surface area (Å²) in [6, 6.07) is 0. The van der Waals surface area contributed by atoms with E-state index in [4.69, 9.17) is 5.73 Å². The molecule has 1 fully saturated rings. The second-order valence-electron chi connectivity index (χ2n) is 4.86. The van der Waals surface area contributed by atoms with Crippen molar-refractivity contribution in [2.24, 2.45) is 5.73 Å². The molecular formula is C11H20N4. The monoisotopic (exact) mass is 208 g/mol. The van der Waals surface area contributed by atoms with Crippen molar-refractivity contribution in [3.63, 3.8) is 0 Å². The van der Waals surface area contributed by atoms with Crippen LogP contribution in [-0.2, 0) is 6.42 Å². The summed E-state index contributed by atoms with van der Waals surface area (Å²) in [5.41, 5.74) is 8.80. The number of H-pyrrole nitrogens is 1. The Morgan fingerprint density at radius 1 is 1.53 bits per heavy atom.